The second-order valence-corrected chi connectivity index (χ2v) is 6.36. The number of halogens is 1. The smallest absolute Gasteiger partial charge is 0.257 e. The lowest BCUT2D eigenvalue weighted by atomic mass is 10.0. The molecule has 0 bridgehead atoms. The Balaban J connectivity index is 1.68. The maximum Gasteiger partial charge on any atom is 0.257 e. The highest BCUT2D eigenvalue weighted by Crippen LogP contribution is 2.21. The molecule has 0 amide bonds. The molecule has 24 heavy (non-hydrogen) atoms. The molecule has 1 N–H and O–H groups in total. The number of hydrogen-bond acceptors (Lipinski definition) is 4. The van der Waals surface area contributed by atoms with Crippen LogP contribution < -0.4 is 5.32 Å². The highest BCUT2D eigenvalue weighted by molar-refractivity contribution is 6.30. The predicted molar refractivity (Wildman–Crippen MR) is 95.9 cm³/mol. The van der Waals surface area contributed by atoms with Crippen molar-refractivity contribution >= 4 is 11.6 Å². The van der Waals surface area contributed by atoms with E-state index in [2.05, 4.69) is 47.5 Å². The van der Waals surface area contributed by atoms with Gasteiger partial charge < -0.3 is 9.84 Å². The summed E-state index contributed by atoms with van der Waals surface area (Å²) >= 11 is 5.90. The minimum Gasteiger partial charge on any atom is -0.334 e. The van der Waals surface area contributed by atoms with Crippen molar-refractivity contribution in [2.75, 3.05) is 0 Å². The average molecular weight is 342 g/mol. The highest BCUT2D eigenvalue weighted by Gasteiger charge is 2.15. The van der Waals surface area contributed by atoms with E-state index in [0.29, 0.717) is 16.7 Å². The van der Waals surface area contributed by atoms with Crippen molar-refractivity contribution in [3.63, 3.8) is 0 Å². The lowest BCUT2D eigenvalue weighted by molar-refractivity contribution is 0.409. The third kappa shape index (κ3) is 3.66. The van der Waals surface area contributed by atoms with E-state index in [4.69, 9.17) is 16.1 Å². The molecule has 1 aromatic heterocycles. The summed E-state index contributed by atoms with van der Waals surface area (Å²) in [4.78, 5) is 4.48. The van der Waals surface area contributed by atoms with E-state index in [1.165, 1.54) is 16.7 Å². The van der Waals surface area contributed by atoms with Crippen LogP contribution in [0.4, 0.5) is 0 Å². The Bertz CT molecular complexity index is 827. The van der Waals surface area contributed by atoms with Crippen molar-refractivity contribution in [3.05, 3.63) is 70.0 Å². The second-order valence-electron chi connectivity index (χ2n) is 5.93. The Morgan fingerprint density at radius 1 is 1.12 bits per heavy atom. The van der Waals surface area contributed by atoms with Crippen molar-refractivity contribution in [2.45, 2.75) is 33.4 Å². The van der Waals surface area contributed by atoms with Crippen LogP contribution in [0.5, 0.6) is 0 Å². The summed E-state index contributed by atoms with van der Waals surface area (Å²) in [5.41, 5.74) is 4.75. The van der Waals surface area contributed by atoms with E-state index in [0.717, 1.165) is 12.1 Å². The molecule has 0 unspecified atom stereocenters. The van der Waals surface area contributed by atoms with Crippen molar-refractivity contribution in [1.29, 1.82) is 0 Å². The zero-order valence-electron chi connectivity index (χ0n) is 14.0. The van der Waals surface area contributed by atoms with E-state index < -0.39 is 0 Å². The number of nitrogens with zero attached hydrogens (tertiary/aromatic N) is 2. The van der Waals surface area contributed by atoms with Gasteiger partial charge in [-0.15, -0.1) is 0 Å². The average Bonchev–Trinajstić information content (AvgIpc) is 3.07. The number of benzene rings is 2. The van der Waals surface area contributed by atoms with E-state index in [9.17, 15) is 0 Å². The molecule has 0 saturated carbocycles. The van der Waals surface area contributed by atoms with Crippen LogP contribution in [0.3, 0.4) is 0 Å². The lowest BCUT2D eigenvalue weighted by Crippen LogP contribution is -2.19. The summed E-state index contributed by atoms with van der Waals surface area (Å²) in [6.07, 6.45) is 0. The molecule has 5 heteroatoms. The molecule has 1 heterocycles. The van der Waals surface area contributed by atoms with Crippen LogP contribution in [0.25, 0.3) is 11.5 Å². The Kier molecular flexibility index (Phi) is 4.97. The summed E-state index contributed by atoms with van der Waals surface area (Å²) in [5, 5.41) is 8.22. The van der Waals surface area contributed by atoms with Crippen LogP contribution in [0.15, 0.2) is 47.0 Å². The van der Waals surface area contributed by atoms with Crippen LogP contribution >= 0.6 is 11.6 Å². The van der Waals surface area contributed by atoms with Crippen LogP contribution in [0, 0.1) is 13.8 Å². The summed E-state index contributed by atoms with van der Waals surface area (Å²) in [5.74, 6) is 1.15. The van der Waals surface area contributed by atoms with E-state index in [1.54, 1.807) is 0 Å². The molecule has 0 fully saturated rings. The lowest BCUT2D eigenvalue weighted by Gasteiger charge is -2.13. The van der Waals surface area contributed by atoms with Crippen molar-refractivity contribution in [3.8, 4) is 11.5 Å². The van der Waals surface area contributed by atoms with Crippen LogP contribution in [-0.2, 0) is 6.54 Å². The van der Waals surface area contributed by atoms with Crippen LogP contribution in [0.1, 0.15) is 35.5 Å². The van der Waals surface area contributed by atoms with Gasteiger partial charge in [0.1, 0.15) is 0 Å². The second kappa shape index (κ2) is 7.16. The summed E-state index contributed by atoms with van der Waals surface area (Å²) < 4.78 is 5.36. The SMILES string of the molecule is Cc1cccc(CN[C@@H](C)c2noc(-c3ccc(Cl)cc3)n2)c1C. The van der Waals surface area contributed by atoms with E-state index in [-0.39, 0.29) is 6.04 Å². The number of rotatable bonds is 5. The molecule has 0 radical (unpaired) electrons. The molecule has 3 rings (SSSR count). The Morgan fingerprint density at radius 2 is 1.88 bits per heavy atom. The van der Waals surface area contributed by atoms with Crippen molar-refractivity contribution in [2.24, 2.45) is 0 Å². The first-order chi connectivity index (χ1) is 11.5. The Hall–Kier alpha value is -2.17. The summed E-state index contributed by atoms with van der Waals surface area (Å²) in [7, 11) is 0. The molecule has 0 aliphatic carbocycles. The molecule has 0 spiro atoms. The third-order valence-corrected chi connectivity index (χ3v) is 4.49. The number of aromatic nitrogens is 2. The maximum absolute atomic E-state index is 5.90. The van der Waals surface area contributed by atoms with Gasteiger partial charge in [0.05, 0.1) is 6.04 Å². The molecule has 0 saturated heterocycles. The first-order valence-corrected chi connectivity index (χ1v) is 8.30. The zero-order chi connectivity index (χ0) is 17.1. The molecule has 4 nitrogen and oxygen atoms in total. The number of nitrogens with one attached hydrogen (secondary N) is 1. The standard InChI is InChI=1S/C19H20ClN3O/c1-12-5-4-6-16(13(12)2)11-21-14(3)18-22-19(24-23-18)15-7-9-17(20)10-8-15/h4-10,14,21H,11H2,1-3H3/t14-/m0/s1. The Morgan fingerprint density at radius 3 is 2.62 bits per heavy atom. The predicted octanol–water partition coefficient (Wildman–Crippen LogP) is 4.86. The zero-order valence-corrected chi connectivity index (χ0v) is 14.8. The maximum atomic E-state index is 5.90. The molecular formula is C19H20ClN3O. The molecule has 3 aromatic rings. The molecule has 1 atom stereocenters. The molecule has 2 aromatic carbocycles. The van der Waals surface area contributed by atoms with E-state index in [1.807, 2.05) is 31.2 Å². The quantitative estimate of drug-likeness (QED) is 0.720. The van der Waals surface area contributed by atoms with Gasteiger partial charge in [-0.3, -0.25) is 0 Å². The molecule has 0 aliphatic heterocycles. The monoisotopic (exact) mass is 341 g/mol. The summed E-state index contributed by atoms with van der Waals surface area (Å²) in [6.45, 7) is 7.06. The van der Waals surface area contributed by atoms with Crippen molar-refractivity contribution < 1.29 is 4.52 Å². The number of aryl methyl sites for hydroxylation is 1. The topological polar surface area (TPSA) is 51.0 Å². The van der Waals surface area contributed by atoms with Gasteiger partial charge in [0.25, 0.3) is 5.89 Å². The normalized spacial score (nSPS) is 12.3. The van der Waals surface area contributed by atoms with Gasteiger partial charge in [0.2, 0.25) is 0 Å². The van der Waals surface area contributed by atoms with Gasteiger partial charge in [0, 0.05) is 17.1 Å². The highest BCUT2D eigenvalue weighted by atomic mass is 35.5. The first kappa shape index (κ1) is 16.7. The third-order valence-electron chi connectivity index (χ3n) is 4.24. The van der Waals surface area contributed by atoms with Gasteiger partial charge in [-0.25, -0.2) is 0 Å². The van der Waals surface area contributed by atoms with Gasteiger partial charge in [-0.1, -0.05) is 35.0 Å². The minimum absolute atomic E-state index is 0.00490. The summed E-state index contributed by atoms with van der Waals surface area (Å²) in [6, 6.07) is 13.7. The van der Waals surface area contributed by atoms with Gasteiger partial charge >= 0.3 is 0 Å². The Labute approximate surface area is 146 Å². The van der Waals surface area contributed by atoms with Crippen LogP contribution in [-0.4, -0.2) is 10.1 Å². The van der Waals surface area contributed by atoms with Crippen LogP contribution in [0.2, 0.25) is 5.02 Å². The van der Waals surface area contributed by atoms with Gasteiger partial charge in [-0.05, 0) is 61.7 Å². The van der Waals surface area contributed by atoms with Gasteiger partial charge in [-0.2, -0.15) is 4.98 Å². The molecule has 0 aliphatic rings. The minimum atomic E-state index is -0.00490. The fraction of sp³-hybridized carbons (Fsp3) is 0.263. The number of hydrogen-bond donors (Lipinski definition) is 1. The fourth-order valence-electron chi connectivity index (χ4n) is 2.48. The molecule has 124 valence electrons. The first-order valence-electron chi connectivity index (χ1n) is 7.92. The fourth-order valence-corrected chi connectivity index (χ4v) is 2.60. The van der Waals surface area contributed by atoms with Gasteiger partial charge in [0.15, 0.2) is 5.82 Å². The van der Waals surface area contributed by atoms with E-state index >= 15 is 0 Å². The molecular weight excluding hydrogens is 322 g/mol. The van der Waals surface area contributed by atoms with Crippen molar-refractivity contribution in [1.82, 2.24) is 15.5 Å². The largest absolute Gasteiger partial charge is 0.334 e.